The number of carbonyl (C=O) groups is 1. The summed E-state index contributed by atoms with van der Waals surface area (Å²) in [4.78, 5) is 12.0. The van der Waals surface area contributed by atoms with Crippen LogP contribution in [-0.2, 0) is 14.8 Å². The highest BCUT2D eigenvalue weighted by Gasteiger charge is 2.16. The van der Waals surface area contributed by atoms with Gasteiger partial charge in [-0.05, 0) is 55.0 Å². The van der Waals surface area contributed by atoms with Gasteiger partial charge in [0.1, 0.15) is 11.6 Å². The summed E-state index contributed by atoms with van der Waals surface area (Å²) in [5.74, 6) is -0.440. The van der Waals surface area contributed by atoms with Crippen LogP contribution in [0.25, 0.3) is 0 Å². The van der Waals surface area contributed by atoms with Gasteiger partial charge in [0.25, 0.3) is 15.9 Å². The second kappa shape index (κ2) is 8.74. The molecule has 0 bridgehead atoms. The van der Waals surface area contributed by atoms with Gasteiger partial charge in [-0.3, -0.25) is 9.52 Å². The van der Waals surface area contributed by atoms with E-state index in [1.807, 2.05) is 25.1 Å². The van der Waals surface area contributed by atoms with E-state index in [2.05, 4.69) is 10.0 Å². The van der Waals surface area contributed by atoms with Crippen molar-refractivity contribution in [3.8, 4) is 5.75 Å². The average Bonchev–Trinajstić information content (AvgIpc) is 2.69. The minimum absolute atomic E-state index is 0.0603. The molecule has 0 atom stereocenters. The average molecular weight is 414 g/mol. The van der Waals surface area contributed by atoms with Gasteiger partial charge < -0.3 is 10.1 Å². The lowest BCUT2D eigenvalue weighted by Gasteiger charge is -2.11. The zero-order chi connectivity index (χ0) is 20.9. The van der Waals surface area contributed by atoms with Gasteiger partial charge in [0.05, 0.1) is 10.6 Å². The molecule has 0 unspecified atom stereocenters. The van der Waals surface area contributed by atoms with E-state index in [1.54, 1.807) is 6.07 Å². The maximum Gasteiger partial charge on any atom is 0.262 e. The lowest BCUT2D eigenvalue weighted by molar-refractivity contribution is -0.118. The summed E-state index contributed by atoms with van der Waals surface area (Å²) in [7, 11) is -3.96. The van der Waals surface area contributed by atoms with E-state index in [0.717, 1.165) is 11.6 Å². The number of nitrogens with one attached hydrogen (secondary N) is 2. The Morgan fingerprint density at radius 3 is 2.31 bits per heavy atom. The highest BCUT2D eigenvalue weighted by molar-refractivity contribution is 7.92. The molecule has 3 aromatic carbocycles. The lowest BCUT2D eigenvalue weighted by atomic mass is 10.2. The van der Waals surface area contributed by atoms with Crippen LogP contribution >= 0.6 is 0 Å². The molecule has 0 aliphatic heterocycles. The van der Waals surface area contributed by atoms with Crippen LogP contribution < -0.4 is 14.8 Å². The van der Waals surface area contributed by atoms with Gasteiger partial charge in [0.15, 0.2) is 6.61 Å². The normalized spacial score (nSPS) is 11.0. The van der Waals surface area contributed by atoms with Crippen LogP contribution in [0, 0.1) is 12.7 Å². The molecule has 0 aliphatic carbocycles. The van der Waals surface area contributed by atoms with E-state index in [1.165, 1.54) is 42.5 Å². The van der Waals surface area contributed by atoms with Crippen molar-refractivity contribution in [3.63, 3.8) is 0 Å². The largest absolute Gasteiger partial charge is 0.483 e. The number of rotatable bonds is 7. The highest BCUT2D eigenvalue weighted by atomic mass is 32.2. The first-order valence-corrected chi connectivity index (χ1v) is 10.2. The molecule has 0 aromatic heterocycles. The molecule has 0 spiro atoms. The van der Waals surface area contributed by atoms with Crippen molar-refractivity contribution in [2.75, 3.05) is 16.6 Å². The molecule has 150 valence electrons. The van der Waals surface area contributed by atoms with Crippen molar-refractivity contribution < 1.29 is 22.3 Å². The number of hydrogen-bond donors (Lipinski definition) is 2. The predicted octanol–water partition coefficient (Wildman–Crippen LogP) is 3.95. The molecule has 0 aliphatic rings. The van der Waals surface area contributed by atoms with Crippen LogP contribution in [0.2, 0.25) is 0 Å². The zero-order valence-electron chi connectivity index (χ0n) is 15.6. The number of halogens is 1. The fourth-order valence-electron chi connectivity index (χ4n) is 2.52. The van der Waals surface area contributed by atoms with Gasteiger partial charge in [-0.1, -0.05) is 30.3 Å². The fraction of sp³-hybridized carbons (Fsp3) is 0.0952. The maximum absolute atomic E-state index is 13.7. The van der Waals surface area contributed by atoms with Crippen molar-refractivity contribution in [1.82, 2.24) is 0 Å². The molecule has 0 saturated heterocycles. The van der Waals surface area contributed by atoms with E-state index >= 15 is 0 Å². The Morgan fingerprint density at radius 1 is 0.966 bits per heavy atom. The Hall–Kier alpha value is -3.39. The van der Waals surface area contributed by atoms with E-state index in [9.17, 15) is 17.6 Å². The zero-order valence-corrected chi connectivity index (χ0v) is 16.4. The highest BCUT2D eigenvalue weighted by Crippen LogP contribution is 2.20. The minimum atomic E-state index is -3.96. The smallest absolute Gasteiger partial charge is 0.262 e. The van der Waals surface area contributed by atoms with Crippen molar-refractivity contribution in [2.24, 2.45) is 0 Å². The summed E-state index contributed by atoms with van der Waals surface area (Å²) in [6.07, 6.45) is 0. The minimum Gasteiger partial charge on any atom is -0.483 e. The maximum atomic E-state index is 13.7. The lowest BCUT2D eigenvalue weighted by Crippen LogP contribution is -2.20. The predicted molar refractivity (Wildman–Crippen MR) is 109 cm³/mol. The summed E-state index contributed by atoms with van der Waals surface area (Å²) >= 11 is 0. The monoisotopic (exact) mass is 414 g/mol. The Morgan fingerprint density at radius 2 is 1.62 bits per heavy atom. The summed E-state index contributed by atoms with van der Waals surface area (Å²) in [6, 6.07) is 18.4. The molecular weight excluding hydrogens is 395 g/mol. The van der Waals surface area contributed by atoms with E-state index < -0.39 is 15.8 Å². The molecule has 0 saturated carbocycles. The number of aryl methyl sites for hydroxylation is 1. The van der Waals surface area contributed by atoms with E-state index in [0.29, 0.717) is 11.4 Å². The molecular formula is C21H19FN2O4S. The standard InChI is InChI=1S/C21H19FN2O4S/c1-15-6-2-5-9-20(15)28-14-21(25)23-16-10-12-17(13-11-16)29(26,27)24-19-8-4-3-7-18(19)22/h2-13,24H,14H2,1H3,(H,23,25). The molecule has 6 nitrogen and oxygen atoms in total. The molecule has 3 aromatic rings. The number of carbonyl (C=O) groups excluding carboxylic acids is 1. The molecule has 8 heteroatoms. The van der Waals surface area contributed by atoms with E-state index in [-0.39, 0.29) is 23.1 Å². The number of sulfonamides is 1. The van der Waals surface area contributed by atoms with Crippen molar-refractivity contribution in [3.05, 3.63) is 84.2 Å². The first-order chi connectivity index (χ1) is 13.8. The molecule has 29 heavy (non-hydrogen) atoms. The topological polar surface area (TPSA) is 84.5 Å². The molecule has 0 fully saturated rings. The molecule has 0 radical (unpaired) electrons. The molecule has 3 rings (SSSR count). The first-order valence-electron chi connectivity index (χ1n) is 8.71. The number of benzene rings is 3. The number of hydrogen-bond acceptors (Lipinski definition) is 4. The second-order valence-corrected chi connectivity index (χ2v) is 7.89. The van der Waals surface area contributed by atoms with Crippen LogP contribution in [0.1, 0.15) is 5.56 Å². The van der Waals surface area contributed by atoms with Gasteiger partial charge in [-0.2, -0.15) is 0 Å². The van der Waals surface area contributed by atoms with Gasteiger partial charge in [0, 0.05) is 5.69 Å². The third-order valence-electron chi connectivity index (χ3n) is 4.02. The Labute approximate surface area is 168 Å². The van der Waals surface area contributed by atoms with Gasteiger partial charge in [0.2, 0.25) is 0 Å². The second-order valence-electron chi connectivity index (χ2n) is 6.21. The quantitative estimate of drug-likeness (QED) is 0.613. The van der Waals surface area contributed by atoms with Crippen molar-refractivity contribution in [2.45, 2.75) is 11.8 Å². The van der Waals surface area contributed by atoms with Gasteiger partial charge in [-0.15, -0.1) is 0 Å². The third-order valence-corrected chi connectivity index (χ3v) is 5.40. The third kappa shape index (κ3) is 5.32. The molecule has 1 amide bonds. The van der Waals surface area contributed by atoms with Crippen molar-refractivity contribution in [1.29, 1.82) is 0 Å². The SMILES string of the molecule is Cc1ccccc1OCC(=O)Nc1ccc(S(=O)(=O)Nc2ccccc2F)cc1. The van der Waals surface area contributed by atoms with Crippen LogP contribution in [0.15, 0.2) is 77.7 Å². The summed E-state index contributed by atoms with van der Waals surface area (Å²) in [6.45, 7) is 1.70. The Balaban J connectivity index is 1.61. The fourth-order valence-corrected chi connectivity index (χ4v) is 3.59. The van der Waals surface area contributed by atoms with Gasteiger partial charge in [-0.25, -0.2) is 12.8 Å². The van der Waals surface area contributed by atoms with Crippen LogP contribution in [0.5, 0.6) is 5.75 Å². The van der Waals surface area contributed by atoms with Crippen molar-refractivity contribution >= 4 is 27.3 Å². The Bertz CT molecular complexity index is 1120. The summed E-state index contributed by atoms with van der Waals surface area (Å²) in [5, 5.41) is 2.63. The number of ether oxygens (including phenoxy) is 1. The van der Waals surface area contributed by atoms with Crippen LogP contribution in [-0.4, -0.2) is 20.9 Å². The summed E-state index contributed by atoms with van der Waals surface area (Å²) < 4.78 is 46.1. The van der Waals surface area contributed by atoms with E-state index in [4.69, 9.17) is 4.74 Å². The first kappa shape index (κ1) is 20.3. The van der Waals surface area contributed by atoms with Crippen LogP contribution in [0.4, 0.5) is 15.8 Å². The number of para-hydroxylation sites is 2. The number of amides is 1. The molecule has 2 N–H and O–H groups in total. The Kier molecular flexibility index (Phi) is 6.13. The molecule has 0 heterocycles. The summed E-state index contributed by atoms with van der Waals surface area (Å²) in [5.41, 5.74) is 1.18. The van der Waals surface area contributed by atoms with Gasteiger partial charge >= 0.3 is 0 Å². The van der Waals surface area contributed by atoms with Crippen LogP contribution in [0.3, 0.4) is 0 Å². The number of anilines is 2.